The predicted octanol–water partition coefficient (Wildman–Crippen LogP) is 6.56. The predicted molar refractivity (Wildman–Crippen MR) is 173 cm³/mol. The van der Waals surface area contributed by atoms with E-state index in [0.29, 0.717) is 19.7 Å². The number of hydrogen-bond acceptors (Lipinski definition) is 8. The van der Waals surface area contributed by atoms with Crippen molar-refractivity contribution >= 4 is 27.5 Å². The Morgan fingerprint density at radius 2 is 1.74 bits per heavy atom. The van der Waals surface area contributed by atoms with Crippen molar-refractivity contribution in [3.63, 3.8) is 0 Å². The Balaban J connectivity index is 1.17. The molecule has 264 valence electrons. The van der Waals surface area contributed by atoms with Crippen LogP contribution in [0.15, 0.2) is 30.3 Å². The van der Waals surface area contributed by atoms with E-state index in [1.807, 2.05) is 4.90 Å². The molecule has 0 amide bonds. The number of piperazine rings is 1. The summed E-state index contributed by atoms with van der Waals surface area (Å²) in [5.74, 6) is -4.62. The second kappa shape index (κ2) is 11.3. The number of ether oxygens (including phenoxy) is 2. The normalized spacial score (nSPS) is 24.0. The number of nitrogens with one attached hydrogen (secondary N) is 1. The summed E-state index contributed by atoms with van der Waals surface area (Å²) in [6.45, 7) is 4.27. The van der Waals surface area contributed by atoms with Crippen molar-refractivity contribution in [2.24, 2.45) is 5.41 Å². The molecule has 4 aromatic rings. The quantitative estimate of drug-likeness (QED) is 0.210. The van der Waals surface area contributed by atoms with Gasteiger partial charge in [-0.15, -0.1) is 0 Å². The summed E-state index contributed by atoms with van der Waals surface area (Å²) in [5.41, 5.74) is -3.76. The van der Waals surface area contributed by atoms with Crippen molar-refractivity contribution in [3.05, 3.63) is 53.3 Å². The number of morpholine rings is 1. The first-order chi connectivity index (χ1) is 23.9. The van der Waals surface area contributed by atoms with Crippen LogP contribution in [-0.4, -0.2) is 83.6 Å². The lowest BCUT2D eigenvalue weighted by Crippen LogP contribution is -2.51. The minimum Gasteiger partial charge on any atom is -0.508 e. The molecular weight excluding hydrogens is 664 g/mol. The molecule has 2 unspecified atom stereocenters. The molecule has 5 fully saturated rings. The van der Waals surface area contributed by atoms with E-state index in [9.17, 15) is 22.7 Å². The molecule has 8 nitrogen and oxygen atoms in total. The van der Waals surface area contributed by atoms with Gasteiger partial charge in [0.15, 0.2) is 17.5 Å². The monoisotopic (exact) mass is 699 g/mol. The zero-order chi connectivity index (χ0) is 34.6. The SMILES string of the molecule is Oc1cc(-c2c(C(F)(F)F)cc3c(N4CC5CCC(C4)N5)nc(OCC4(CN5CCOC6(CC6)C5)CC4)nc3c2F)c2c(F)c(F)ccc2c1. The molecule has 50 heavy (non-hydrogen) atoms. The van der Waals surface area contributed by atoms with Crippen molar-refractivity contribution in [1.29, 1.82) is 0 Å². The number of phenolic OH excluding ortho intramolecular Hbond substituents is 1. The van der Waals surface area contributed by atoms with E-state index in [-0.39, 0.29) is 52.3 Å². The number of benzene rings is 3. The fourth-order valence-corrected chi connectivity index (χ4v) is 8.25. The Morgan fingerprint density at radius 1 is 0.980 bits per heavy atom. The van der Waals surface area contributed by atoms with Gasteiger partial charge >= 0.3 is 12.2 Å². The summed E-state index contributed by atoms with van der Waals surface area (Å²) in [5, 5.41) is 13.1. The maximum atomic E-state index is 17.0. The molecule has 9 rings (SSSR count). The lowest BCUT2D eigenvalue weighted by molar-refractivity contribution is -0.137. The first kappa shape index (κ1) is 32.1. The molecular formula is C36H35F6N5O3. The molecule has 14 heteroatoms. The van der Waals surface area contributed by atoms with E-state index in [1.165, 1.54) is 0 Å². The molecule has 2 aliphatic carbocycles. The molecule has 2 bridgehead atoms. The molecule has 3 aliphatic heterocycles. The number of phenols is 1. The van der Waals surface area contributed by atoms with Gasteiger partial charge in [0, 0.05) is 66.6 Å². The highest BCUT2D eigenvalue weighted by molar-refractivity contribution is 6.03. The average Bonchev–Trinajstić information content (AvgIpc) is 3.99. The standard InChI is InChI=1S/C36H35F6N5O3/c37-26-4-1-19-11-22(48)12-23(27(19)29(26)38)28-25(36(40,41)42)13-24-31(30(28)39)44-33(45-32(24)47-14-20-2-3-21(15-47)43-20)49-18-34(5-6-34)16-46-9-10-50-35(17-46)7-8-35/h1,4,11-13,20-21,43,48H,2-3,5-10,14-18H2. The Morgan fingerprint density at radius 3 is 2.44 bits per heavy atom. The number of fused-ring (bicyclic) bond motifs is 4. The van der Waals surface area contributed by atoms with Gasteiger partial charge in [-0.25, -0.2) is 13.2 Å². The first-order valence-electron chi connectivity index (χ1n) is 17.1. The van der Waals surface area contributed by atoms with Crippen LogP contribution in [0.5, 0.6) is 11.8 Å². The molecule has 0 radical (unpaired) electrons. The summed E-state index contributed by atoms with van der Waals surface area (Å²) < 4.78 is 104. The smallest absolute Gasteiger partial charge is 0.417 e. The van der Waals surface area contributed by atoms with E-state index in [0.717, 1.165) is 88.5 Å². The van der Waals surface area contributed by atoms with Gasteiger partial charge in [0.05, 0.1) is 24.4 Å². The van der Waals surface area contributed by atoms with Gasteiger partial charge in [0.2, 0.25) is 0 Å². The number of nitrogens with zero attached hydrogens (tertiary/aromatic N) is 4. The van der Waals surface area contributed by atoms with Crippen LogP contribution >= 0.6 is 0 Å². The highest BCUT2D eigenvalue weighted by Crippen LogP contribution is 2.50. The number of anilines is 1. The van der Waals surface area contributed by atoms with Gasteiger partial charge in [-0.3, -0.25) is 4.90 Å². The van der Waals surface area contributed by atoms with Gasteiger partial charge in [0.1, 0.15) is 17.1 Å². The summed E-state index contributed by atoms with van der Waals surface area (Å²) in [7, 11) is 0. The van der Waals surface area contributed by atoms with Crippen molar-refractivity contribution in [3.8, 4) is 22.9 Å². The Labute approximate surface area is 283 Å². The first-order valence-corrected chi connectivity index (χ1v) is 17.1. The number of alkyl halides is 3. The van der Waals surface area contributed by atoms with Gasteiger partial charge in [-0.05, 0) is 73.7 Å². The van der Waals surface area contributed by atoms with Gasteiger partial charge in [0.25, 0.3) is 0 Å². The Kier molecular flexibility index (Phi) is 7.25. The molecule has 2 saturated carbocycles. The van der Waals surface area contributed by atoms with Gasteiger partial charge in [-0.1, -0.05) is 6.07 Å². The van der Waals surface area contributed by atoms with E-state index in [1.54, 1.807) is 0 Å². The molecule has 2 N–H and O–H groups in total. The van der Waals surface area contributed by atoms with Gasteiger partial charge < -0.3 is 24.8 Å². The van der Waals surface area contributed by atoms with Crippen LogP contribution in [-0.2, 0) is 10.9 Å². The van der Waals surface area contributed by atoms with Crippen molar-refractivity contribution < 1.29 is 40.9 Å². The third-order valence-electron chi connectivity index (χ3n) is 11.1. The number of aromatic hydroxyl groups is 1. The van der Waals surface area contributed by atoms with Crippen LogP contribution in [0.4, 0.5) is 32.2 Å². The number of rotatable bonds is 7. The number of aromatic nitrogens is 2. The third kappa shape index (κ3) is 5.59. The average molecular weight is 700 g/mol. The fraction of sp³-hybridized carbons (Fsp3) is 0.500. The van der Waals surface area contributed by atoms with Crippen LogP contribution in [0.3, 0.4) is 0 Å². The van der Waals surface area contributed by atoms with Crippen LogP contribution < -0.4 is 15.0 Å². The number of halogens is 6. The topological polar surface area (TPSA) is 83.0 Å². The lowest BCUT2D eigenvalue weighted by atomic mass is 9.91. The summed E-state index contributed by atoms with van der Waals surface area (Å²) >= 11 is 0. The van der Waals surface area contributed by atoms with Crippen molar-refractivity contribution in [2.45, 2.75) is 62.4 Å². The molecule has 1 spiro atoms. The zero-order valence-electron chi connectivity index (χ0n) is 27.1. The molecule has 3 aromatic carbocycles. The second-order valence-corrected chi connectivity index (χ2v) is 14.9. The van der Waals surface area contributed by atoms with E-state index < -0.39 is 57.0 Å². The van der Waals surface area contributed by atoms with Crippen LogP contribution in [0.25, 0.3) is 32.8 Å². The minimum absolute atomic E-state index is 0.0334. The third-order valence-corrected chi connectivity index (χ3v) is 11.1. The van der Waals surface area contributed by atoms with E-state index in [4.69, 9.17) is 9.47 Å². The van der Waals surface area contributed by atoms with Crippen molar-refractivity contribution in [2.75, 3.05) is 50.8 Å². The molecule has 4 heterocycles. The van der Waals surface area contributed by atoms with E-state index in [2.05, 4.69) is 20.2 Å². The molecule has 1 aromatic heterocycles. The highest BCUT2D eigenvalue weighted by Gasteiger charge is 2.51. The maximum Gasteiger partial charge on any atom is 0.417 e. The number of hydrogen-bond donors (Lipinski definition) is 2. The minimum atomic E-state index is -5.13. The lowest BCUT2D eigenvalue weighted by Gasteiger charge is -2.35. The van der Waals surface area contributed by atoms with Crippen LogP contribution in [0.1, 0.15) is 44.1 Å². The summed E-state index contributed by atoms with van der Waals surface area (Å²) in [6.07, 6.45) is 0.585. The largest absolute Gasteiger partial charge is 0.508 e. The second-order valence-electron chi connectivity index (χ2n) is 14.9. The molecule has 5 aliphatic rings. The van der Waals surface area contributed by atoms with Crippen molar-refractivity contribution in [1.82, 2.24) is 20.2 Å². The summed E-state index contributed by atoms with van der Waals surface area (Å²) in [4.78, 5) is 13.2. The van der Waals surface area contributed by atoms with Crippen LogP contribution in [0, 0.1) is 22.9 Å². The fourth-order valence-electron chi connectivity index (χ4n) is 8.25. The van der Waals surface area contributed by atoms with E-state index >= 15 is 8.78 Å². The maximum absolute atomic E-state index is 17.0. The van der Waals surface area contributed by atoms with Gasteiger partial charge in [-0.2, -0.15) is 23.1 Å². The highest BCUT2D eigenvalue weighted by atomic mass is 19.4. The zero-order valence-corrected chi connectivity index (χ0v) is 27.1. The molecule has 3 saturated heterocycles. The summed E-state index contributed by atoms with van der Waals surface area (Å²) in [6, 6.07) is 4.57. The molecule has 2 atom stereocenters. The van der Waals surface area contributed by atoms with Crippen LogP contribution in [0.2, 0.25) is 0 Å². The Hall–Kier alpha value is -3.88. The Bertz CT molecular complexity index is 2020.